The van der Waals surface area contributed by atoms with Crippen molar-refractivity contribution in [2.45, 2.75) is 97.8 Å². The van der Waals surface area contributed by atoms with Crippen LogP contribution < -0.4 is 0 Å². The normalized spacial score (nSPS) is 11.3. The Hall–Kier alpha value is -0.650. The summed E-state index contributed by atoms with van der Waals surface area (Å²) in [5.74, 6) is 0.692. The van der Waals surface area contributed by atoms with Crippen molar-refractivity contribution in [1.82, 2.24) is 0 Å². The molecular formula is C24H48O5. The average molecular weight is 417 g/mol. The quantitative estimate of drug-likeness (QED) is 0.152. The molecular weight excluding hydrogens is 368 g/mol. The second kappa shape index (κ2) is 23.6. The minimum atomic E-state index is -0.110. The van der Waals surface area contributed by atoms with Crippen LogP contribution in [-0.4, -0.2) is 52.2 Å². The molecule has 0 amide bonds. The second-order valence-corrected chi connectivity index (χ2v) is 8.17. The van der Waals surface area contributed by atoms with Crippen LogP contribution in [0.4, 0.5) is 0 Å². The zero-order valence-electron chi connectivity index (χ0n) is 19.6. The average Bonchev–Trinajstić information content (AvgIpc) is 2.70. The maximum Gasteiger partial charge on any atom is 0.305 e. The fourth-order valence-corrected chi connectivity index (χ4v) is 2.93. The predicted octanol–water partition coefficient (Wildman–Crippen LogP) is 5.94. The minimum absolute atomic E-state index is 0.110. The lowest BCUT2D eigenvalue weighted by molar-refractivity contribution is -0.144. The topological polar surface area (TPSA) is 54.0 Å². The molecule has 0 aliphatic heterocycles. The van der Waals surface area contributed by atoms with Crippen LogP contribution in [0.5, 0.6) is 0 Å². The molecule has 0 heterocycles. The molecule has 0 aromatic heterocycles. The lowest BCUT2D eigenvalue weighted by Gasteiger charge is -2.07. The summed E-state index contributed by atoms with van der Waals surface area (Å²) in [6.07, 6.45) is 13.3. The molecule has 0 saturated heterocycles. The Bertz CT molecular complexity index is 333. The fraction of sp³-hybridized carbons (Fsp3) is 0.958. The monoisotopic (exact) mass is 416 g/mol. The van der Waals surface area contributed by atoms with Gasteiger partial charge in [-0.2, -0.15) is 0 Å². The Morgan fingerprint density at radius 1 is 0.621 bits per heavy atom. The Balaban J connectivity index is 3.14. The number of esters is 1. The maximum atomic E-state index is 11.7. The van der Waals surface area contributed by atoms with Gasteiger partial charge in [-0.05, 0) is 25.2 Å². The van der Waals surface area contributed by atoms with Crippen molar-refractivity contribution in [1.29, 1.82) is 0 Å². The fourth-order valence-electron chi connectivity index (χ4n) is 2.93. The van der Waals surface area contributed by atoms with Gasteiger partial charge < -0.3 is 18.9 Å². The van der Waals surface area contributed by atoms with Gasteiger partial charge in [-0.3, -0.25) is 4.79 Å². The summed E-state index contributed by atoms with van der Waals surface area (Å²) in [6.45, 7) is 11.1. The highest BCUT2D eigenvalue weighted by Gasteiger charge is 2.03. The highest BCUT2D eigenvalue weighted by atomic mass is 16.5. The largest absolute Gasteiger partial charge is 0.466 e. The van der Waals surface area contributed by atoms with Crippen molar-refractivity contribution in [3.05, 3.63) is 0 Å². The first-order valence-electron chi connectivity index (χ1n) is 12.1. The molecule has 0 fully saturated rings. The van der Waals surface area contributed by atoms with Gasteiger partial charge in [-0.15, -0.1) is 0 Å². The van der Waals surface area contributed by atoms with E-state index in [-0.39, 0.29) is 5.97 Å². The van der Waals surface area contributed by atoms with E-state index in [1.54, 1.807) is 0 Å². The predicted molar refractivity (Wildman–Crippen MR) is 119 cm³/mol. The van der Waals surface area contributed by atoms with Gasteiger partial charge in [-0.1, -0.05) is 72.1 Å². The molecule has 5 nitrogen and oxygen atoms in total. The molecule has 0 spiro atoms. The van der Waals surface area contributed by atoms with E-state index in [2.05, 4.69) is 20.8 Å². The first kappa shape index (κ1) is 28.4. The van der Waals surface area contributed by atoms with Gasteiger partial charge in [0.05, 0.1) is 33.0 Å². The maximum absolute atomic E-state index is 11.7. The SMILES string of the molecule is CCCCCCOCCOCCOCCCC(=O)OCCCCCCCC(C)C. The summed E-state index contributed by atoms with van der Waals surface area (Å²) < 4.78 is 21.7. The first-order valence-corrected chi connectivity index (χ1v) is 12.1. The van der Waals surface area contributed by atoms with Gasteiger partial charge in [0.1, 0.15) is 0 Å². The van der Waals surface area contributed by atoms with Crippen LogP contribution in [0.2, 0.25) is 0 Å². The van der Waals surface area contributed by atoms with E-state index in [0.29, 0.717) is 52.5 Å². The van der Waals surface area contributed by atoms with E-state index in [4.69, 9.17) is 18.9 Å². The van der Waals surface area contributed by atoms with Crippen molar-refractivity contribution in [2.75, 3.05) is 46.2 Å². The molecule has 0 saturated carbocycles. The van der Waals surface area contributed by atoms with E-state index >= 15 is 0 Å². The summed E-state index contributed by atoms with van der Waals surface area (Å²) in [4.78, 5) is 11.7. The number of unbranched alkanes of at least 4 members (excludes halogenated alkanes) is 7. The number of carbonyl (C=O) groups is 1. The van der Waals surface area contributed by atoms with Crippen LogP contribution in [0.15, 0.2) is 0 Å². The summed E-state index contributed by atoms with van der Waals surface area (Å²) in [7, 11) is 0. The third kappa shape index (κ3) is 25.3. The Kier molecular flexibility index (Phi) is 23.1. The van der Waals surface area contributed by atoms with Crippen molar-refractivity contribution in [3.63, 3.8) is 0 Å². The van der Waals surface area contributed by atoms with E-state index in [1.165, 1.54) is 44.9 Å². The molecule has 0 bridgehead atoms. The highest BCUT2D eigenvalue weighted by molar-refractivity contribution is 5.69. The Labute approximate surface area is 180 Å². The molecule has 0 radical (unpaired) electrons. The number of hydrogen-bond donors (Lipinski definition) is 0. The standard InChI is InChI=1S/C24H48O5/c1-4-5-6-11-16-26-19-21-28-22-20-27-17-13-15-24(25)29-18-12-9-7-8-10-14-23(2)3/h23H,4-22H2,1-3H3. The Morgan fingerprint density at radius 2 is 1.14 bits per heavy atom. The van der Waals surface area contributed by atoms with E-state index < -0.39 is 0 Å². The van der Waals surface area contributed by atoms with Gasteiger partial charge in [0, 0.05) is 19.6 Å². The second-order valence-electron chi connectivity index (χ2n) is 8.17. The van der Waals surface area contributed by atoms with Crippen LogP contribution in [0, 0.1) is 5.92 Å². The molecule has 29 heavy (non-hydrogen) atoms. The van der Waals surface area contributed by atoms with E-state index in [9.17, 15) is 4.79 Å². The molecule has 5 heteroatoms. The number of ether oxygens (including phenoxy) is 4. The first-order chi connectivity index (χ1) is 14.2. The zero-order valence-corrected chi connectivity index (χ0v) is 19.6. The Morgan fingerprint density at radius 3 is 1.79 bits per heavy atom. The zero-order chi connectivity index (χ0) is 21.4. The van der Waals surface area contributed by atoms with Gasteiger partial charge in [0.15, 0.2) is 0 Å². The van der Waals surface area contributed by atoms with Crippen LogP contribution in [0.1, 0.15) is 97.8 Å². The van der Waals surface area contributed by atoms with Crippen molar-refractivity contribution < 1.29 is 23.7 Å². The van der Waals surface area contributed by atoms with Crippen molar-refractivity contribution in [2.24, 2.45) is 5.92 Å². The lowest BCUT2D eigenvalue weighted by atomic mass is 10.0. The van der Waals surface area contributed by atoms with Crippen LogP contribution in [0.25, 0.3) is 0 Å². The highest BCUT2D eigenvalue weighted by Crippen LogP contribution is 2.10. The van der Waals surface area contributed by atoms with E-state index in [0.717, 1.165) is 31.8 Å². The summed E-state index contributed by atoms with van der Waals surface area (Å²) in [5.41, 5.74) is 0. The van der Waals surface area contributed by atoms with Gasteiger partial charge in [0.2, 0.25) is 0 Å². The smallest absolute Gasteiger partial charge is 0.305 e. The molecule has 0 unspecified atom stereocenters. The van der Waals surface area contributed by atoms with Crippen LogP contribution in [-0.2, 0) is 23.7 Å². The van der Waals surface area contributed by atoms with Crippen LogP contribution in [0.3, 0.4) is 0 Å². The third-order valence-corrected chi connectivity index (χ3v) is 4.74. The third-order valence-electron chi connectivity index (χ3n) is 4.74. The number of rotatable bonds is 23. The summed E-state index contributed by atoms with van der Waals surface area (Å²) in [6, 6.07) is 0. The molecule has 0 aliphatic rings. The molecule has 0 rings (SSSR count). The lowest BCUT2D eigenvalue weighted by Crippen LogP contribution is -2.11. The molecule has 174 valence electrons. The minimum Gasteiger partial charge on any atom is -0.466 e. The molecule has 0 aromatic rings. The van der Waals surface area contributed by atoms with Crippen molar-refractivity contribution in [3.8, 4) is 0 Å². The molecule has 0 N–H and O–H groups in total. The number of carbonyl (C=O) groups excluding carboxylic acids is 1. The molecule has 0 aromatic carbocycles. The molecule has 0 aliphatic carbocycles. The van der Waals surface area contributed by atoms with Crippen molar-refractivity contribution >= 4 is 5.97 Å². The van der Waals surface area contributed by atoms with Gasteiger partial charge in [-0.25, -0.2) is 0 Å². The van der Waals surface area contributed by atoms with Crippen LogP contribution >= 0.6 is 0 Å². The summed E-state index contributed by atoms with van der Waals surface area (Å²) >= 11 is 0. The van der Waals surface area contributed by atoms with E-state index in [1.807, 2.05) is 0 Å². The molecule has 0 atom stereocenters. The summed E-state index contributed by atoms with van der Waals surface area (Å²) in [5, 5.41) is 0. The number of hydrogen-bond acceptors (Lipinski definition) is 5. The van der Waals surface area contributed by atoms with Gasteiger partial charge >= 0.3 is 5.97 Å². The van der Waals surface area contributed by atoms with Gasteiger partial charge in [0.25, 0.3) is 0 Å².